The first kappa shape index (κ1) is 13.4. The molecule has 1 rings (SSSR count). The van der Waals surface area contributed by atoms with Gasteiger partial charge in [-0.2, -0.15) is 0 Å². The van der Waals surface area contributed by atoms with Crippen LogP contribution in [-0.4, -0.2) is 23.2 Å². The summed E-state index contributed by atoms with van der Waals surface area (Å²) in [6.07, 6.45) is 0.656. The molecule has 0 radical (unpaired) electrons. The van der Waals surface area contributed by atoms with Crippen LogP contribution in [0.5, 0.6) is 0 Å². The lowest BCUT2D eigenvalue weighted by atomic mass is 10.1. The maximum atomic E-state index is 11.7. The molecule has 0 bridgehead atoms. The summed E-state index contributed by atoms with van der Waals surface area (Å²) in [6, 6.07) is 0. The highest BCUT2D eigenvalue weighted by molar-refractivity contribution is 9.10. The zero-order chi connectivity index (χ0) is 12.3. The van der Waals surface area contributed by atoms with Crippen molar-refractivity contribution < 1.29 is 4.74 Å². The molecule has 0 amide bonds. The summed E-state index contributed by atoms with van der Waals surface area (Å²) in [7, 11) is 1.64. The van der Waals surface area contributed by atoms with E-state index in [-0.39, 0.29) is 17.6 Å². The van der Waals surface area contributed by atoms with Crippen molar-refractivity contribution >= 4 is 15.9 Å². The molecule has 0 spiro atoms. The molecular weight excluding hydrogens is 272 g/mol. The molecule has 1 N–H and O–H groups in total. The number of methoxy groups -OCH3 is 1. The third-order valence-corrected chi connectivity index (χ3v) is 3.13. The molecule has 1 aromatic rings. The Morgan fingerprint density at radius 3 is 2.56 bits per heavy atom. The van der Waals surface area contributed by atoms with Crippen molar-refractivity contribution in [2.45, 2.75) is 39.2 Å². The maximum Gasteiger partial charge on any atom is 0.265 e. The lowest BCUT2D eigenvalue weighted by molar-refractivity contribution is 0.117. The fourth-order valence-corrected chi connectivity index (χ4v) is 2.01. The molecule has 90 valence electrons. The van der Waals surface area contributed by atoms with Gasteiger partial charge < -0.3 is 9.72 Å². The van der Waals surface area contributed by atoms with Gasteiger partial charge in [-0.3, -0.25) is 4.79 Å². The van der Waals surface area contributed by atoms with Crippen LogP contribution in [0.25, 0.3) is 0 Å². The van der Waals surface area contributed by atoms with Gasteiger partial charge >= 0.3 is 0 Å². The number of aromatic nitrogens is 2. The number of H-pyrrole nitrogens is 1. The summed E-state index contributed by atoms with van der Waals surface area (Å²) in [4.78, 5) is 18.8. The molecule has 0 aromatic carbocycles. The van der Waals surface area contributed by atoms with Gasteiger partial charge in [0, 0.05) is 13.5 Å². The van der Waals surface area contributed by atoms with E-state index >= 15 is 0 Å². The summed E-state index contributed by atoms with van der Waals surface area (Å²) < 4.78 is 5.68. The van der Waals surface area contributed by atoms with Crippen LogP contribution in [0.3, 0.4) is 0 Å². The average Bonchev–Trinajstić information content (AvgIpc) is 2.22. The van der Waals surface area contributed by atoms with Crippen molar-refractivity contribution in [3.05, 3.63) is 26.3 Å². The van der Waals surface area contributed by atoms with Gasteiger partial charge in [0.2, 0.25) is 0 Å². The van der Waals surface area contributed by atoms with Gasteiger partial charge in [0.25, 0.3) is 5.56 Å². The van der Waals surface area contributed by atoms with Gasteiger partial charge in [0.05, 0.1) is 11.8 Å². The van der Waals surface area contributed by atoms with Gasteiger partial charge in [-0.25, -0.2) is 4.98 Å². The summed E-state index contributed by atoms with van der Waals surface area (Å²) in [5, 5.41) is 0. The Kier molecular flexibility index (Phi) is 4.68. The van der Waals surface area contributed by atoms with Crippen LogP contribution in [0.15, 0.2) is 9.27 Å². The van der Waals surface area contributed by atoms with Crippen LogP contribution in [-0.2, 0) is 11.2 Å². The van der Waals surface area contributed by atoms with Crippen molar-refractivity contribution in [3.8, 4) is 0 Å². The molecule has 0 aliphatic heterocycles. The van der Waals surface area contributed by atoms with E-state index in [1.807, 2.05) is 20.8 Å². The van der Waals surface area contributed by atoms with Crippen LogP contribution in [0, 0.1) is 0 Å². The Morgan fingerprint density at radius 2 is 2.06 bits per heavy atom. The monoisotopic (exact) mass is 288 g/mol. The smallest absolute Gasteiger partial charge is 0.265 e. The van der Waals surface area contributed by atoms with Crippen molar-refractivity contribution in [3.63, 3.8) is 0 Å². The van der Waals surface area contributed by atoms with Crippen molar-refractivity contribution in [2.75, 3.05) is 7.11 Å². The predicted molar refractivity (Wildman–Crippen MR) is 66.8 cm³/mol. The zero-order valence-electron chi connectivity index (χ0n) is 10.0. The van der Waals surface area contributed by atoms with Gasteiger partial charge in [0.1, 0.15) is 10.3 Å². The summed E-state index contributed by atoms with van der Waals surface area (Å²) in [5.74, 6) is 0.888. The van der Waals surface area contributed by atoms with Crippen LogP contribution < -0.4 is 5.56 Å². The SMILES string of the molecule is COC(C)Cc1nc(C(C)C)c(Br)c(=O)[nH]1. The maximum absolute atomic E-state index is 11.7. The molecule has 1 atom stereocenters. The van der Waals surface area contributed by atoms with E-state index in [2.05, 4.69) is 25.9 Å². The lowest BCUT2D eigenvalue weighted by Crippen LogP contribution is -2.20. The van der Waals surface area contributed by atoms with E-state index < -0.39 is 0 Å². The molecule has 4 nitrogen and oxygen atoms in total. The topological polar surface area (TPSA) is 55.0 Å². The second kappa shape index (κ2) is 5.59. The largest absolute Gasteiger partial charge is 0.381 e. The first-order chi connectivity index (χ1) is 7.45. The number of aromatic amines is 1. The van der Waals surface area contributed by atoms with E-state index in [4.69, 9.17) is 4.74 Å². The van der Waals surface area contributed by atoms with Crippen molar-refractivity contribution in [1.82, 2.24) is 9.97 Å². The molecule has 0 saturated carbocycles. The number of hydrogen-bond donors (Lipinski definition) is 1. The minimum Gasteiger partial charge on any atom is -0.381 e. The minimum absolute atomic E-state index is 0.0457. The first-order valence-corrected chi connectivity index (χ1v) is 6.06. The van der Waals surface area contributed by atoms with Crippen molar-refractivity contribution in [2.24, 2.45) is 0 Å². The van der Waals surface area contributed by atoms with E-state index in [1.54, 1.807) is 7.11 Å². The highest BCUT2D eigenvalue weighted by Gasteiger charge is 2.13. The quantitative estimate of drug-likeness (QED) is 0.924. The van der Waals surface area contributed by atoms with Crippen LogP contribution >= 0.6 is 15.9 Å². The number of ether oxygens (including phenoxy) is 1. The number of halogens is 1. The predicted octanol–water partition coefficient (Wildman–Crippen LogP) is 2.23. The van der Waals surface area contributed by atoms with Crippen LogP contribution in [0.2, 0.25) is 0 Å². The van der Waals surface area contributed by atoms with Gasteiger partial charge in [-0.1, -0.05) is 13.8 Å². The summed E-state index contributed by atoms with van der Waals surface area (Å²) in [6.45, 7) is 5.96. The first-order valence-electron chi connectivity index (χ1n) is 5.27. The Morgan fingerprint density at radius 1 is 1.44 bits per heavy atom. The fraction of sp³-hybridized carbons (Fsp3) is 0.636. The highest BCUT2D eigenvalue weighted by atomic mass is 79.9. The summed E-state index contributed by atoms with van der Waals surface area (Å²) >= 11 is 3.26. The van der Waals surface area contributed by atoms with Crippen molar-refractivity contribution in [1.29, 1.82) is 0 Å². The number of nitrogens with zero attached hydrogens (tertiary/aromatic N) is 1. The molecule has 0 saturated heterocycles. The summed E-state index contributed by atoms with van der Waals surface area (Å²) in [5.41, 5.74) is 0.666. The number of hydrogen-bond acceptors (Lipinski definition) is 3. The fourth-order valence-electron chi connectivity index (χ4n) is 1.36. The molecule has 5 heteroatoms. The molecule has 16 heavy (non-hydrogen) atoms. The highest BCUT2D eigenvalue weighted by Crippen LogP contribution is 2.18. The zero-order valence-corrected chi connectivity index (χ0v) is 11.6. The average molecular weight is 289 g/mol. The van der Waals surface area contributed by atoms with Gasteiger partial charge in [-0.05, 0) is 28.8 Å². The molecule has 1 unspecified atom stereocenters. The molecule has 0 fully saturated rings. The molecule has 1 heterocycles. The molecule has 0 aliphatic carbocycles. The normalized spacial score (nSPS) is 13.1. The van der Waals surface area contributed by atoms with Gasteiger partial charge in [0.15, 0.2) is 0 Å². The third-order valence-electron chi connectivity index (χ3n) is 2.37. The standard InChI is InChI=1S/C11H17BrN2O2/c1-6(2)10-9(12)11(15)14-8(13-10)5-7(3)16-4/h6-7H,5H2,1-4H3,(H,13,14,15). The Labute approximate surface area is 104 Å². The van der Waals surface area contributed by atoms with E-state index in [1.165, 1.54) is 0 Å². The van der Waals surface area contributed by atoms with Gasteiger partial charge in [-0.15, -0.1) is 0 Å². The molecular formula is C11H17BrN2O2. The lowest BCUT2D eigenvalue weighted by Gasteiger charge is -2.12. The number of rotatable bonds is 4. The Balaban J connectivity index is 3.09. The third kappa shape index (κ3) is 3.15. The second-order valence-electron chi connectivity index (χ2n) is 4.12. The molecule has 0 aliphatic rings. The number of nitrogens with one attached hydrogen (secondary N) is 1. The second-order valence-corrected chi connectivity index (χ2v) is 4.91. The molecule has 1 aromatic heterocycles. The van der Waals surface area contributed by atoms with E-state index in [9.17, 15) is 4.79 Å². The Hall–Kier alpha value is -0.680. The van der Waals surface area contributed by atoms with E-state index in [0.717, 1.165) is 5.69 Å². The van der Waals surface area contributed by atoms with Crippen LogP contribution in [0.4, 0.5) is 0 Å². The van der Waals surface area contributed by atoms with E-state index in [0.29, 0.717) is 16.7 Å². The minimum atomic E-state index is -0.128. The Bertz CT molecular complexity index is 415. The van der Waals surface area contributed by atoms with Crippen LogP contribution in [0.1, 0.15) is 38.2 Å².